The van der Waals surface area contributed by atoms with Gasteiger partial charge < -0.3 is 60.0 Å². The number of Topliss-reactive ketones (excluding diaryl/α,β-unsaturated/α-hetero) is 3. The first kappa shape index (κ1) is 78.6. The van der Waals surface area contributed by atoms with Crippen LogP contribution in [-0.4, -0.2) is 123 Å². The molecule has 6 N–H and O–H groups in total. The Morgan fingerprint density at radius 1 is 0.562 bits per heavy atom. The van der Waals surface area contributed by atoms with Gasteiger partial charge in [-0.2, -0.15) is 0 Å². The molecular formula is C77H106N4O15. The Kier molecular flexibility index (Phi) is 30.6. The smallest absolute Gasteiger partial charge is 0.308 e. The lowest BCUT2D eigenvalue weighted by Crippen LogP contribution is -2.50. The number of ether oxygens (including phenoxy) is 8. The van der Waals surface area contributed by atoms with Crippen LogP contribution >= 0.6 is 0 Å². The molecule has 0 fully saturated rings. The molecule has 0 radical (unpaired) electrons. The second-order valence-corrected chi connectivity index (χ2v) is 27.6. The Labute approximate surface area is 569 Å². The maximum atomic E-state index is 15.7. The number of methoxy groups -OCH3 is 3. The van der Waals surface area contributed by atoms with Crippen LogP contribution in [-0.2, 0) is 67.0 Å². The summed E-state index contributed by atoms with van der Waals surface area (Å²) in [6, 6.07) is 29.8. The van der Waals surface area contributed by atoms with Gasteiger partial charge in [0.2, 0.25) is 11.8 Å². The summed E-state index contributed by atoms with van der Waals surface area (Å²) in [5.74, 6) is -4.55. The number of rotatable bonds is 40. The zero-order valence-electron chi connectivity index (χ0n) is 59.3. The van der Waals surface area contributed by atoms with E-state index in [0.29, 0.717) is 53.4 Å². The van der Waals surface area contributed by atoms with Gasteiger partial charge in [-0.15, -0.1) is 0 Å². The van der Waals surface area contributed by atoms with Crippen LogP contribution in [0.25, 0.3) is 11.1 Å². The molecule has 5 aromatic carbocycles. The van der Waals surface area contributed by atoms with Crippen LogP contribution in [0.1, 0.15) is 175 Å². The van der Waals surface area contributed by atoms with E-state index in [9.17, 15) is 19.2 Å². The van der Waals surface area contributed by atoms with Gasteiger partial charge in [0.15, 0.2) is 24.0 Å². The Hall–Kier alpha value is -8.13. The van der Waals surface area contributed by atoms with E-state index in [-0.39, 0.29) is 44.7 Å². The number of nitrogens with two attached hydrogens (primary N) is 2. The van der Waals surface area contributed by atoms with Crippen molar-refractivity contribution >= 4 is 41.0 Å². The van der Waals surface area contributed by atoms with Crippen LogP contribution in [0.2, 0.25) is 0 Å². The molecule has 0 aliphatic heterocycles. The third-order valence-electron chi connectivity index (χ3n) is 16.2. The lowest BCUT2D eigenvalue weighted by atomic mass is 9.84. The van der Waals surface area contributed by atoms with Gasteiger partial charge in [-0.05, 0) is 184 Å². The summed E-state index contributed by atoms with van der Waals surface area (Å²) in [6.07, 6.45) is 2.58. The Balaban J connectivity index is 1.61. The minimum absolute atomic E-state index is 0.0128. The highest BCUT2D eigenvalue weighted by Gasteiger charge is 2.37. The first-order chi connectivity index (χ1) is 45.3. The Morgan fingerprint density at radius 3 is 1.73 bits per heavy atom. The van der Waals surface area contributed by atoms with Crippen molar-refractivity contribution in [2.45, 2.75) is 207 Å². The van der Waals surface area contributed by atoms with Crippen LogP contribution < -0.4 is 45.8 Å². The van der Waals surface area contributed by atoms with E-state index >= 15 is 14.4 Å². The number of benzene rings is 5. The van der Waals surface area contributed by atoms with Crippen molar-refractivity contribution in [3.8, 4) is 39.9 Å². The van der Waals surface area contributed by atoms with Crippen LogP contribution in [0.15, 0.2) is 109 Å². The second kappa shape index (κ2) is 37.4. The van der Waals surface area contributed by atoms with Gasteiger partial charge in [-0.25, -0.2) is 0 Å². The van der Waals surface area contributed by atoms with Crippen molar-refractivity contribution in [1.29, 1.82) is 0 Å². The van der Waals surface area contributed by atoms with Crippen LogP contribution in [0.3, 0.4) is 0 Å². The standard InChI is InChI=1S/C77H106N4O15/c1-16-18-19-39-92-57-31-25-50(26-32-57)21-20-22-64(67(83)45-63(62-38-36-60(90-14)44-69(62)91-15)54-29-33-58(34-30-54)93-48-70(78)85)80-73(87)55(40-51-23-27-53(28-24-51)61-37-35-59(89-13)41-52(61)17-2)42-66(82)65(46-71(86)96-77(10,11)12)81-74(88)56(47-94-75(4,5)6)43-68(84)72(79)49(3)95-76(7,8)9/h23-38,41,44,49,55-56,63-65,72H,16-22,39-40,42-43,45-48,79H2,1-15H3,(H2,78,85)(H,80,87)(H,81,88)/t49-,55-,56+,63?,64+,65+,72+/m1/s1. The largest absolute Gasteiger partial charge is 0.497 e. The van der Waals surface area contributed by atoms with E-state index in [4.69, 9.17) is 49.4 Å². The maximum Gasteiger partial charge on any atom is 0.308 e. The molecule has 0 heterocycles. The molecule has 96 heavy (non-hydrogen) atoms. The number of primary amides is 1. The van der Waals surface area contributed by atoms with E-state index < -0.39 is 107 Å². The summed E-state index contributed by atoms with van der Waals surface area (Å²) in [5.41, 5.74) is 15.5. The van der Waals surface area contributed by atoms with Crippen LogP contribution in [0.4, 0.5) is 0 Å². The molecule has 0 spiro atoms. The molecule has 0 aliphatic carbocycles. The first-order valence-electron chi connectivity index (χ1n) is 33.5. The van der Waals surface area contributed by atoms with E-state index in [1.54, 1.807) is 92.0 Å². The van der Waals surface area contributed by atoms with Gasteiger partial charge >= 0.3 is 5.97 Å². The van der Waals surface area contributed by atoms with Gasteiger partial charge in [-0.1, -0.05) is 87.4 Å². The van der Waals surface area contributed by atoms with Gasteiger partial charge in [0.25, 0.3) is 5.91 Å². The van der Waals surface area contributed by atoms with Gasteiger partial charge in [0.05, 0.1) is 82.3 Å². The number of unbranched alkanes of at least 4 members (excludes halogenated alkanes) is 2. The zero-order chi connectivity index (χ0) is 70.9. The van der Waals surface area contributed by atoms with E-state index in [1.807, 2.05) is 93.6 Å². The number of amides is 3. The van der Waals surface area contributed by atoms with Gasteiger partial charge in [-0.3, -0.25) is 33.6 Å². The number of carbonyl (C=O) groups excluding carboxylic acids is 7. The fourth-order valence-corrected chi connectivity index (χ4v) is 11.2. The number of ketones is 3. The summed E-state index contributed by atoms with van der Waals surface area (Å²) in [6.45, 7) is 21.8. The molecule has 0 bridgehead atoms. The minimum Gasteiger partial charge on any atom is -0.497 e. The number of nitrogens with one attached hydrogen (secondary N) is 2. The van der Waals surface area contributed by atoms with E-state index in [0.717, 1.165) is 59.4 Å². The summed E-state index contributed by atoms with van der Waals surface area (Å²) in [5, 5.41) is 5.94. The molecule has 19 heteroatoms. The molecule has 524 valence electrons. The van der Waals surface area contributed by atoms with E-state index in [2.05, 4.69) is 24.5 Å². The van der Waals surface area contributed by atoms with Gasteiger partial charge in [0, 0.05) is 42.7 Å². The SMILES string of the molecule is CCCCCOc1ccc(CCC[C@H](NC(=O)[C@@H](CC(=O)[C@H](CC(=O)OC(C)(C)C)NC(=O)[C@H](COC(C)(C)C)CC(=O)[C@@H](N)[C@@H](C)OC(C)(C)C)Cc2ccc(-c3ccc(OC)cc3CC)cc2)C(=O)CC(c2ccc(OCC(N)=O)cc2)c2ccc(OC)cc2OC)cc1. The topological polar surface area (TPSA) is 269 Å². The molecule has 0 aliphatic rings. The zero-order valence-corrected chi connectivity index (χ0v) is 59.3. The highest BCUT2D eigenvalue weighted by atomic mass is 16.6. The highest BCUT2D eigenvalue weighted by molar-refractivity contribution is 5.97. The fraction of sp³-hybridized carbons (Fsp3) is 0.519. The first-order valence-corrected chi connectivity index (χ1v) is 33.5. The number of hydrogen-bond donors (Lipinski definition) is 4. The highest BCUT2D eigenvalue weighted by Crippen LogP contribution is 2.38. The summed E-state index contributed by atoms with van der Waals surface area (Å²) >= 11 is 0. The maximum absolute atomic E-state index is 15.7. The van der Waals surface area contributed by atoms with Crippen molar-refractivity contribution < 1.29 is 71.5 Å². The average molecular weight is 1330 g/mol. The summed E-state index contributed by atoms with van der Waals surface area (Å²) in [7, 11) is 4.68. The Bertz CT molecular complexity index is 3330. The molecule has 7 atom stereocenters. The van der Waals surface area contributed by atoms with Crippen LogP contribution in [0, 0.1) is 11.8 Å². The minimum atomic E-state index is -1.56. The number of hydrogen-bond acceptors (Lipinski definition) is 16. The van der Waals surface area contributed by atoms with Crippen LogP contribution in [0.5, 0.6) is 28.7 Å². The molecule has 3 amide bonds. The van der Waals surface area contributed by atoms with E-state index in [1.165, 1.54) is 14.2 Å². The predicted octanol–water partition coefficient (Wildman–Crippen LogP) is 11.9. The monoisotopic (exact) mass is 1330 g/mol. The molecule has 5 aromatic rings. The Morgan fingerprint density at radius 2 is 1.14 bits per heavy atom. The number of esters is 1. The molecule has 5 rings (SSSR count). The number of aryl methyl sites for hydroxylation is 2. The average Bonchev–Trinajstić information content (AvgIpc) is 0.817. The number of carbonyl (C=O) groups is 7. The molecule has 19 nitrogen and oxygen atoms in total. The fourth-order valence-electron chi connectivity index (χ4n) is 11.2. The van der Waals surface area contributed by atoms with Crippen molar-refractivity contribution in [3.05, 3.63) is 137 Å². The molecule has 0 aromatic heterocycles. The molecule has 0 saturated carbocycles. The van der Waals surface area contributed by atoms with Crippen molar-refractivity contribution in [3.63, 3.8) is 0 Å². The molecular weight excluding hydrogens is 1220 g/mol. The second-order valence-electron chi connectivity index (χ2n) is 27.6. The van der Waals surface area contributed by atoms with Gasteiger partial charge in [0.1, 0.15) is 34.3 Å². The lowest BCUT2D eigenvalue weighted by Gasteiger charge is -2.30. The van der Waals surface area contributed by atoms with Crippen molar-refractivity contribution in [2.75, 3.05) is 41.2 Å². The predicted molar refractivity (Wildman–Crippen MR) is 373 cm³/mol. The summed E-state index contributed by atoms with van der Waals surface area (Å²) in [4.78, 5) is 101. The third kappa shape index (κ3) is 26.5. The third-order valence-corrected chi connectivity index (χ3v) is 16.2. The lowest BCUT2D eigenvalue weighted by molar-refractivity contribution is -0.156. The molecule has 0 saturated heterocycles. The molecule has 1 unspecified atom stereocenters. The quantitative estimate of drug-likeness (QED) is 0.0210. The van der Waals surface area contributed by atoms with Crippen molar-refractivity contribution in [1.82, 2.24) is 10.6 Å². The normalized spacial score (nSPS) is 14.0. The van der Waals surface area contributed by atoms with Crippen molar-refractivity contribution in [2.24, 2.45) is 23.3 Å². The summed E-state index contributed by atoms with van der Waals surface area (Å²) < 4.78 is 46.5.